The zero-order chi connectivity index (χ0) is 15.8. The monoisotopic (exact) mass is 295 g/mol. The van der Waals surface area contributed by atoms with E-state index in [0.29, 0.717) is 23.6 Å². The van der Waals surface area contributed by atoms with Gasteiger partial charge in [-0.05, 0) is 26.0 Å². The van der Waals surface area contributed by atoms with Gasteiger partial charge in [0.25, 0.3) is 5.91 Å². The summed E-state index contributed by atoms with van der Waals surface area (Å²) in [6, 6.07) is 5.08. The van der Waals surface area contributed by atoms with Gasteiger partial charge in [-0.2, -0.15) is 0 Å². The van der Waals surface area contributed by atoms with Crippen LogP contribution in [-0.2, 0) is 9.53 Å². The lowest BCUT2D eigenvalue weighted by Gasteiger charge is -2.22. The predicted molar refractivity (Wildman–Crippen MR) is 77.8 cm³/mol. The molecule has 0 aliphatic rings. The average molecular weight is 295 g/mol. The molecule has 1 aromatic carbocycles. The van der Waals surface area contributed by atoms with E-state index in [2.05, 4.69) is 0 Å². The highest BCUT2D eigenvalue weighted by Crippen LogP contribution is 2.29. The summed E-state index contributed by atoms with van der Waals surface area (Å²) in [5.41, 5.74) is 0.300. The number of hydrogen-bond donors (Lipinski definition) is 0. The first-order valence-corrected chi connectivity index (χ1v) is 6.74. The fraction of sp³-hybridized carbons (Fsp3) is 0.467. The van der Waals surface area contributed by atoms with Crippen molar-refractivity contribution < 1.29 is 23.8 Å². The number of carbonyl (C=O) groups excluding carboxylic acids is 2. The standard InChI is InChI=1S/C15H21NO5/c1-5-16(10-13(17)21-6-2)15(18)14-11(19-3)8-7-9-12(14)20-4/h7-9H,5-6,10H2,1-4H3. The van der Waals surface area contributed by atoms with Crippen molar-refractivity contribution in [3.63, 3.8) is 0 Å². The SMILES string of the molecule is CCOC(=O)CN(CC)C(=O)c1c(OC)cccc1OC. The Morgan fingerprint density at radius 1 is 1.10 bits per heavy atom. The Bertz CT molecular complexity index is 479. The molecule has 0 saturated carbocycles. The van der Waals surface area contributed by atoms with Crippen LogP contribution in [0.2, 0.25) is 0 Å². The third-order valence-electron chi connectivity index (χ3n) is 2.94. The van der Waals surface area contributed by atoms with Crippen LogP contribution in [-0.4, -0.2) is 50.7 Å². The Labute approximate surface area is 124 Å². The Kier molecular flexibility index (Phi) is 6.52. The topological polar surface area (TPSA) is 65.1 Å². The molecular formula is C15H21NO5. The van der Waals surface area contributed by atoms with E-state index >= 15 is 0 Å². The molecule has 1 amide bonds. The van der Waals surface area contributed by atoms with Gasteiger partial charge < -0.3 is 19.1 Å². The van der Waals surface area contributed by atoms with E-state index in [9.17, 15) is 9.59 Å². The second-order valence-electron chi connectivity index (χ2n) is 4.16. The van der Waals surface area contributed by atoms with Gasteiger partial charge >= 0.3 is 5.97 Å². The second-order valence-corrected chi connectivity index (χ2v) is 4.16. The fourth-order valence-corrected chi connectivity index (χ4v) is 1.91. The first-order valence-electron chi connectivity index (χ1n) is 6.74. The van der Waals surface area contributed by atoms with Gasteiger partial charge in [0.15, 0.2) is 0 Å². The van der Waals surface area contributed by atoms with E-state index in [-0.39, 0.29) is 19.1 Å². The lowest BCUT2D eigenvalue weighted by molar-refractivity contribution is -0.143. The maximum absolute atomic E-state index is 12.6. The predicted octanol–water partition coefficient (Wildman–Crippen LogP) is 1.73. The molecule has 0 aliphatic carbocycles. The molecule has 0 bridgehead atoms. The molecule has 0 aliphatic heterocycles. The molecule has 0 unspecified atom stereocenters. The smallest absolute Gasteiger partial charge is 0.325 e. The van der Waals surface area contributed by atoms with Gasteiger partial charge in [-0.1, -0.05) is 6.07 Å². The van der Waals surface area contributed by atoms with Crippen molar-refractivity contribution in [1.82, 2.24) is 4.90 Å². The van der Waals surface area contributed by atoms with Crippen LogP contribution in [0.3, 0.4) is 0 Å². The number of hydrogen-bond acceptors (Lipinski definition) is 5. The molecule has 21 heavy (non-hydrogen) atoms. The number of ether oxygens (including phenoxy) is 3. The summed E-state index contributed by atoms with van der Waals surface area (Å²) < 4.78 is 15.3. The van der Waals surface area contributed by atoms with Crippen molar-refractivity contribution in [3.05, 3.63) is 23.8 Å². The van der Waals surface area contributed by atoms with Crippen molar-refractivity contribution in [2.24, 2.45) is 0 Å². The van der Waals surface area contributed by atoms with Gasteiger partial charge in [-0.15, -0.1) is 0 Å². The van der Waals surface area contributed by atoms with Crippen LogP contribution < -0.4 is 9.47 Å². The minimum atomic E-state index is -0.443. The van der Waals surface area contributed by atoms with Crippen LogP contribution in [0.15, 0.2) is 18.2 Å². The number of amides is 1. The van der Waals surface area contributed by atoms with E-state index in [1.807, 2.05) is 0 Å². The van der Waals surface area contributed by atoms with E-state index in [1.165, 1.54) is 19.1 Å². The third kappa shape index (κ3) is 4.11. The minimum absolute atomic E-state index is 0.107. The molecule has 116 valence electrons. The molecule has 1 rings (SSSR count). The van der Waals surface area contributed by atoms with Gasteiger partial charge in [0.05, 0.1) is 20.8 Å². The van der Waals surface area contributed by atoms with Gasteiger partial charge in [-0.3, -0.25) is 9.59 Å². The van der Waals surface area contributed by atoms with Gasteiger partial charge in [0.2, 0.25) is 0 Å². The summed E-state index contributed by atoms with van der Waals surface area (Å²) in [4.78, 5) is 25.6. The quantitative estimate of drug-likeness (QED) is 0.717. The van der Waals surface area contributed by atoms with Crippen molar-refractivity contribution in [3.8, 4) is 11.5 Å². The van der Waals surface area contributed by atoms with Crippen LogP contribution in [0.25, 0.3) is 0 Å². The minimum Gasteiger partial charge on any atom is -0.496 e. The Balaban J connectivity index is 3.07. The van der Waals surface area contributed by atoms with E-state index in [0.717, 1.165) is 0 Å². The first-order chi connectivity index (χ1) is 10.1. The maximum Gasteiger partial charge on any atom is 0.325 e. The number of carbonyl (C=O) groups is 2. The summed E-state index contributed by atoms with van der Waals surface area (Å²) in [5.74, 6) is 0.0322. The average Bonchev–Trinajstić information content (AvgIpc) is 2.51. The third-order valence-corrected chi connectivity index (χ3v) is 2.94. The Morgan fingerprint density at radius 2 is 1.67 bits per heavy atom. The molecule has 0 N–H and O–H groups in total. The van der Waals surface area contributed by atoms with Crippen LogP contribution in [0, 0.1) is 0 Å². The lowest BCUT2D eigenvalue weighted by Crippen LogP contribution is -2.36. The van der Waals surface area contributed by atoms with E-state index < -0.39 is 5.97 Å². The molecule has 0 saturated heterocycles. The zero-order valence-corrected chi connectivity index (χ0v) is 12.8. The summed E-state index contributed by atoms with van der Waals surface area (Å²) in [6.07, 6.45) is 0. The van der Waals surface area contributed by atoms with Crippen LogP contribution >= 0.6 is 0 Å². The van der Waals surface area contributed by atoms with Crippen LogP contribution in [0.5, 0.6) is 11.5 Å². The molecule has 0 spiro atoms. The number of nitrogens with zero attached hydrogens (tertiary/aromatic N) is 1. The fourth-order valence-electron chi connectivity index (χ4n) is 1.91. The lowest BCUT2D eigenvalue weighted by atomic mass is 10.1. The van der Waals surface area contributed by atoms with Crippen molar-refractivity contribution >= 4 is 11.9 Å². The highest BCUT2D eigenvalue weighted by atomic mass is 16.5. The van der Waals surface area contributed by atoms with Gasteiger partial charge in [0, 0.05) is 6.54 Å². The van der Waals surface area contributed by atoms with Crippen molar-refractivity contribution in [1.29, 1.82) is 0 Å². The van der Waals surface area contributed by atoms with Crippen molar-refractivity contribution in [2.75, 3.05) is 33.9 Å². The molecule has 0 heterocycles. The molecule has 6 heteroatoms. The van der Waals surface area contributed by atoms with Gasteiger partial charge in [-0.25, -0.2) is 0 Å². The normalized spacial score (nSPS) is 9.90. The molecule has 0 aromatic heterocycles. The zero-order valence-electron chi connectivity index (χ0n) is 12.8. The first kappa shape index (κ1) is 16.8. The maximum atomic E-state index is 12.6. The molecule has 1 aromatic rings. The molecule has 6 nitrogen and oxygen atoms in total. The summed E-state index contributed by atoms with van der Waals surface area (Å²) >= 11 is 0. The van der Waals surface area contributed by atoms with E-state index in [4.69, 9.17) is 14.2 Å². The second kappa shape index (κ2) is 8.14. The highest BCUT2D eigenvalue weighted by molar-refractivity contribution is 6.01. The number of rotatable bonds is 7. The van der Waals surface area contributed by atoms with Crippen molar-refractivity contribution in [2.45, 2.75) is 13.8 Å². The summed E-state index contributed by atoms with van der Waals surface area (Å²) in [6.45, 7) is 4.06. The Morgan fingerprint density at radius 3 is 2.10 bits per heavy atom. The molecule has 0 atom stereocenters. The number of esters is 1. The van der Waals surface area contributed by atoms with E-state index in [1.54, 1.807) is 32.0 Å². The summed E-state index contributed by atoms with van der Waals surface area (Å²) in [5, 5.41) is 0. The highest BCUT2D eigenvalue weighted by Gasteiger charge is 2.24. The number of likely N-dealkylation sites (N-methyl/N-ethyl adjacent to an activating group) is 1. The van der Waals surface area contributed by atoms with Gasteiger partial charge in [0.1, 0.15) is 23.6 Å². The number of methoxy groups -OCH3 is 2. The Hall–Kier alpha value is -2.24. The molecule has 0 fully saturated rings. The van der Waals surface area contributed by atoms with Crippen LogP contribution in [0.1, 0.15) is 24.2 Å². The molecular weight excluding hydrogens is 274 g/mol. The molecule has 0 radical (unpaired) electrons. The van der Waals surface area contributed by atoms with Crippen LogP contribution in [0.4, 0.5) is 0 Å². The summed E-state index contributed by atoms with van der Waals surface area (Å²) in [7, 11) is 2.96. The number of benzene rings is 1. The largest absolute Gasteiger partial charge is 0.496 e.